The third kappa shape index (κ3) is 5.99. The highest BCUT2D eigenvalue weighted by Gasteiger charge is 2.17. The van der Waals surface area contributed by atoms with Crippen molar-refractivity contribution in [2.75, 3.05) is 18.0 Å². The molecule has 0 radical (unpaired) electrons. The monoisotopic (exact) mass is 394 g/mol. The van der Waals surface area contributed by atoms with E-state index in [1.807, 2.05) is 12.1 Å². The first-order valence-electron chi connectivity index (χ1n) is 10.7. The van der Waals surface area contributed by atoms with Gasteiger partial charge < -0.3 is 15.0 Å². The minimum Gasteiger partial charge on any atom is -0.481 e. The summed E-state index contributed by atoms with van der Waals surface area (Å²) in [7, 11) is 0. The van der Waals surface area contributed by atoms with Crippen LogP contribution in [0.3, 0.4) is 0 Å². The van der Waals surface area contributed by atoms with Crippen molar-refractivity contribution < 1.29 is 9.53 Å². The number of rotatable bonds is 6. The Bertz CT molecular complexity index is 785. The number of nitrogens with one attached hydrogen (secondary N) is 1. The lowest BCUT2D eigenvalue weighted by Gasteiger charge is -2.28. The summed E-state index contributed by atoms with van der Waals surface area (Å²) in [6.07, 6.45) is 3.34. The predicted molar refractivity (Wildman–Crippen MR) is 120 cm³/mol. The van der Waals surface area contributed by atoms with Gasteiger partial charge in [-0.15, -0.1) is 0 Å². The van der Waals surface area contributed by atoms with Crippen LogP contribution >= 0.6 is 0 Å². The van der Waals surface area contributed by atoms with Gasteiger partial charge in [-0.2, -0.15) is 0 Å². The Morgan fingerprint density at radius 2 is 1.62 bits per heavy atom. The van der Waals surface area contributed by atoms with E-state index in [-0.39, 0.29) is 11.3 Å². The fourth-order valence-electron chi connectivity index (χ4n) is 3.60. The molecule has 3 rings (SSSR count). The lowest BCUT2D eigenvalue weighted by molar-refractivity contribution is -0.127. The van der Waals surface area contributed by atoms with Crippen LogP contribution in [0.2, 0.25) is 0 Å². The van der Waals surface area contributed by atoms with E-state index in [2.05, 4.69) is 67.4 Å². The molecule has 1 amide bonds. The van der Waals surface area contributed by atoms with Crippen LogP contribution < -0.4 is 15.0 Å². The van der Waals surface area contributed by atoms with Gasteiger partial charge in [0.15, 0.2) is 6.10 Å². The molecule has 1 fully saturated rings. The molecule has 4 nitrogen and oxygen atoms in total. The molecule has 1 atom stereocenters. The number of amides is 1. The maximum absolute atomic E-state index is 12.4. The number of carbonyl (C=O) groups is 1. The molecule has 2 aromatic carbocycles. The van der Waals surface area contributed by atoms with Crippen molar-refractivity contribution in [2.24, 2.45) is 0 Å². The zero-order valence-electron chi connectivity index (χ0n) is 18.2. The Labute approximate surface area is 175 Å². The number of hydrogen-bond donors (Lipinski definition) is 1. The van der Waals surface area contributed by atoms with Crippen LogP contribution in [0.4, 0.5) is 5.69 Å². The smallest absolute Gasteiger partial charge is 0.261 e. The Morgan fingerprint density at radius 3 is 2.21 bits per heavy atom. The van der Waals surface area contributed by atoms with Crippen molar-refractivity contribution in [1.82, 2.24) is 5.32 Å². The minimum atomic E-state index is -0.539. The van der Waals surface area contributed by atoms with E-state index in [1.165, 1.54) is 30.5 Å². The number of ether oxygens (including phenoxy) is 1. The average molecular weight is 395 g/mol. The highest BCUT2D eigenvalue weighted by atomic mass is 16.5. The molecular weight excluding hydrogens is 360 g/mol. The summed E-state index contributed by atoms with van der Waals surface area (Å²) in [5, 5.41) is 2.98. The summed E-state index contributed by atoms with van der Waals surface area (Å²) in [6, 6.07) is 16.5. The van der Waals surface area contributed by atoms with Gasteiger partial charge in [0.2, 0.25) is 0 Å². The zero-order chi connectivity index (χ0) is 20.9. The molecule has 1 saturated heterocycles. The molecule has 1 heterocycles. The van der Waals surface area contributed by atoms with E-state index in [0.717, 1.165) is 18.7 Å². The molecule has 156 valence electrons. The lowest BCUT2D eigenvalue weighted by atomic mass is 9.87. The largest absolute Gasteiger partial charge is 0.481 e. The Hall–Kier alpha value is -2.49. The number of anilines is 1. The molecule has 0 aliphatic carbocycles. The summed E-state index contributed by atoms with van der Waals surface area (Å²) in [5.41, 5.74) is 3.72. The third-order valence-electron chi connectivity index (χ3n) is 5.53. The van der Waals surface area contributed by atoms with Gasteiger partial charge in [-0.1, -0.05) is 45.0 Å². The van der Waals surface area contributed by atoms with Gasteiger partial charge in [0.25, 0.3) is 5.91 Å². The van der Waals surface area contributed by atoms with Crippen LogP contribution in [0.15, 0.2) is 48.5 Å². The number of carbonyl (C=O) groups excluding carboxylic acids is 1. The molecule has 1 aliphatic rings. The molecule has 29 heavy (non-hydrogen) atoms. The number of nitrogens with zero attached hydrogens (tertiary/aromatic N) is 1. The highest BCUT2D eigenvalue weighted by molar-refractivity contribution is 5.80. The SMILES string of the molecule is C[C@H](Oc1ccc(C(C)(C)C)cc1)C(=O)NCc1ccc(N2CCCCC2)cc1. The standard InChI is InChI=1S/C25H34N2O2/c1-19(29-23-14-10-21(11-15-23)25(2,3)4)24(28)26-18-20-8-12-22(13-9-20)27-16-6-5-7-17-27/h8-15,19H,5-7,16-18H2,1-4H3,(H,26,28)/t19-/m0/s1. The molecule has 0 saturated carbocycles. The molecule has 1 aliphatic heterocycles. The number of benzene rings is 2. The van der Waals surface area contributed by atoms with Crippen molar-refractivity contribution in [2.45, 2.75) is 65.0 Å². The van der Waals surface area contributed by atoms with E-state index in [9.17, 15) is 4.79 Å². The van der Waals surface area contributed by atoms with Crippen LogP contribution in [0.25, 0.3) is 0 Å². The maximum atomic E-state index is 12.4. The molecular formula is C25H34N2O2. The second kappa shape index (κ2) is 9.34. The molecule has 0 spiro atoms. The Morgan fingerprint density at radius 1 is 1.00 bits per heavy atom. The van der Waals surface area contributed by atoms with Gasteiger partial charge >= 0.3 is 0 Å². The van der Waals surface area contributed by atoms with Crippen molar-refractivity contribution in [3.05, 3.63) is 59.7 Å². The summed E-state index contributed by atoms with van der Waals surface area (Å²) in [4.78, 5) is 14.9. The summed E-state index contributed by atoms with van der Waals surface area (Å²) in [5.74, 6) is 0.608. The molecule has 0 unspecified atom stereocenters. The van der Waals surface area contributed by atoms with E-state index >= 15 is 0 Å². The van der Waals surface area contributed by atoms with Gasteiger partial charge in [-0.05, 0) is 67.0 Å². The quantitative estimate of drug-likeness (QED) is 0.745. The van der Waals surface area contributed by atoms with Gasteiger partial charge in [0.1, 0.15) is 5.75 Å². The van der Waals surface area contributed by atoms with Crippen LogP contribution in [-0.2, 0) is 16.8 Å². The van der Waals surface area contributed by atoms with E-state index in [0.29, 0.717) is 12.3 Å². The summed E-state index contributed by atoms with van der Waals surface area (Å²) < 4.78 is 5.81. The number of piperidine rings is 1. The second-order valence-electron chi connectivity index (χ2n) is 8.97. The third-order valence-corrected chi connectivity index (χ3v) is 5.53. The minimum absolute atomic E-state index is 0.102. The fourth-order valence-corrected chi connectivity index (χ4v) is 3.60. The summed E-state index contributed by atoms with van der Waals surface area (Å²) >= 11 is 0. The molecule has 0 aromatic heterocycles. The fraction of sp³-hybridized carbons (Fsp3) is 0.480. The van der Waals surface area contributed by atoms with Crippen LogP contribution in [0.5, 0.6) is 5.75 Å². The van der Waals surface area contributed by atoms with Crippen LogP contribution in [0, 0.1) is 0 Å². The second-order valence-corrected chi connectivity index (χ2v) is 8.97. The van der Waals surface area contributed by atoms with Crippen LogP contribution in [0.1, 0.15) is 58.1 Å². The van der Waals surface area contributed by atoms with Gasteiger partial charge in [-0.3, -0.25) is 4.79 Å². The van der Waals surface area contributed by atoms with Crippen molar-refractivity contribution in [3.8, 4) is 5.75 Å². The van der Waals surface area contributed by atoms with E-state index < -0.39 is 6.10 Å². The van der Waals surface area contributed by atoms with Crippen molar-refractivity contribution >= 4 is 11.6 Å². The van der Waals surface area contributed by atoms with Gasteiger partial charge in [0.05, 0.1) is 0 Å². The first-order valence-corrected chi connectivity index (χ1v) is 10.7. The average Bonchev–Trinajstić information content (AvgIpc) is 2.72. The molecule has 1 N–H and O–H groups in total. The Kier molecular flexibility index (Phi) is 6.83. The first-order chi connectivity index (χ1) is 13.8. The first kappa shape index (κ1) is 21.2. The van der Waals surface area contributed by atoms with Crippen molar-refractivity contribution in [1.29, 1.82) is 0 Å². The van der Waals surface area contributed by atoms with Crippen LogP contribution in [-0.4, -0.2) is 25.1 Å². The zero-order valence-corrected chi connectivity index (χ0v) is 18.2. The Balaban J connectivity index is 1.48. The molecule has 2 aromatic rings. The van der Waals surface area contributed by atoms with Gasteiger partial charge in [0, 0.05) is 25.3 Å². The normalized spacial score (nSPS) is 15.7. The van der Waals surface area contributed by atoms with E-state index in [1.54, 1.807) is 6.92 Å². The van der Waals surface area contributed by atoms with E-state index in [4.69, 9.17) is 4.74 Å². The molecule has 4 heteroatoms. The van der Waals surface area contributed by atoms with Gasteiger partial charge in [-0.25, -0.2) is 0 Å². The highest BCUT2D eigenvalue weighted by Crippen LogP contribution is 2.25. The number of hydrogen-bond acceptors (Lipinski definition) is 3. The predicted octanol–water partition coefficient (Wildman–Crippen LogP) is 5.06. The van der Waals surface area contributed by atoms with Crippen molar-refractivity contribution in [3.63, 3.8) is 0 Å². The summed E-state index contributed by atoms with van der Waals surface area (Å²) in [6.45, 7) is 11.1. The topological polar surface area (TPSA) is 41.6 Å². The molecule has 0 bridgehead atoms. The maximum Gasteiger partial charge on any atom is 0.261 e. The lowest BCUT2D eigenvalue weighted by Crippen LogP contribution is -2.35.